The fourth-order valence-corrected chi connectivity index (χ4v) is 4.06. The van der Waals surface area contributed by atoms with Crippen molar-refractivity contribution in [1.82, 2.24) is 30.2 Å². The first kappa shape index (κ1) is 22.6. The molecule has 0 fully saturated rings. The number of nitrogens with one attached hydrogen (secondary N) is 3. The van der Waals surface area contributed by atoms with Gasteiger partial charge in [-0.05, 0) is 42.0 Å². The van der Waals surface area contributed by atoms with Crippen LogP contribution in [-0.4, -0.2) is 37.4 Å². The summed E-state index contributed by atoms with van der Waals surface area (Å²) in [6.07, 6.45) is 5.57. The van der Waals surface area contributed by atoms with E-state index in [9.17, 15) is 9.18 Å². The summed E-state index contributed by atoms with van der Waals surface area (Å²) in [5.41, 5.74) is 3.65. The Labute approximate surface area is 208 Å². The molecule has 0 atom stereocenters. The Morgan fingerprint density at radius 3 is 2.63 bits per heavy atom. The van der Waals surface area contributed by atoms with Gasteiger partial charge < -0.3 is 15.6 Å². The Morgan fingerprint density at radius 1 is 1.03 bits per heavy atom. The van der Waals surface area contributed by atoms with Crippen LogP contribution in [0.5, 0.6) is 0 Å². The van der Waals surface area contributed by atoms with Crippen LogP contribution in [0.4, 0.5) is 16.0 Å². The van der Waals surface area contributed by atoms with Crippen molar-refractivity contribution in [3.8, 4) is 11.1 Å². The zero-order valence-corrected chi connectivity index (χ0v) is 19.9. The van der Waals surface area contributed by atoms with Crippen molar-refractivity contribution >= 4 is 44.5 Å². The number of hydrogen-bond acceptors (Lipinski definition) is 6. The highest BCUT2D eigenvalue weighted by atomic mass is 79.9. The van der Waals surface area contributed by atoms with Gasteiger partial charge in [0.15, 0.2) is 5.65 Å². The Hall–Kier alpha value is -4.18. The van der Waals surface area contributed by atoms with Gasteiger partial charge in [-0.15, -0.1) is 0 Å². The summed E-state index contributed by atoms with van der Waals surface area (Å²) < 4.78 is 14.0. The molecule has 35 heavy (non-hydrogen) atoms. The van der Waals surface area contributed by atoms with Crippen LogP contribution in [0.15, 0.2) is 77.8 Å². The van der Waals surface area contributed by atoms with E-state index in [1.165, 1.54) is 12.1 Å². The second-order valence-electron chi connectivity index (χ2n) is 7.69. The highest BCUT2D eigenvalue weighted by molar-refractivity contribution is 9.10. The Bertz CT molecular complexity index is 1490. The van der Waals surface area contributed by atoms with Crippen LogP contribution < -0.4 is 10.6 Å². The molecule has 0 aliphatic carbocycles. The quantitative estimate of drug-likeness (QED) is 0.271. The first-order valence-corrected chi connectivity index (χ1v) is 11.6. The van der Waals surface area contributed by atoms with Crippen LogP contribution in [0.25, 0.3) is 22.2 Å². The molecule has 10 heteroatoms. The molecule has 0 aliphatic rings. The normalized spacial score (nSPS) is 10.9. The molecule has 3 aromatic heterocycles. The lowest BCUT2D eigenvalue weighted by molar-refractivity contribution is 0.0950. The maximum atomic E-state index is 13.2. The lowest BCUT2D eigenvalue weighted by atomic mass is 10.0. The molecule has 2 aromatic carbocycles. The van der Waals surface area contributed by atoms with Crippen molar-refractivity contribution in [2.24, 2.45) is 0 Å². The van der Waals surface area contributed by atoms with E-state index >= 15 is 0 Å². The first-order chi connectivity index (χ1) is 17.1. The number of imidazole rings is 1. The zero-order valence-electron chi connectivity index (χ0n) is 18.3. The number of H-pyrrole nitrogens is 1. The van der Waals surface area contributed by atoms with Crippen LogP contribution in [-0.2, 0) is 6.42 Å². The third-order valence-electron chi connectivity index (χ3n) is 5.28. The van der Waals surface area contributed by atoms with Crippen molar-refractivity contribution in [3.05, 3.63) is 95.0 Å². The summed E-state index contributed by atoms with van der Waals surface area (Å²) in [6.45, 7) is 0.414. The number of amides is 1. The van der Waals surface area contributed by atoms with E-state index in [0.717, 1.165) is 15.7 Å². The van der Waals surface area contributed by atoms with Gasteiger partial charge in [0.2, 0.25) is 5.95 Å². The standard InChI is InChI=1S/C25H19BrFN7O/c26-21-4-2-1-3-19(21)20-11-15-12-30-25(32-17-7-5-16(27)6-8-17)34-23(15)33-22(20)24(35)29-10-9-18-13-28-14-31-18/h1-8,11-14H,9-10H2,(H,28,31)(H,29,35)(H,30,32,33,34). The zero-order chi connectivity index (χ0) is 24.2. The number of anilines is 2. The number of pyridine rings is 1. The van der Waals surface area contributed by atoms with Crippen molar-refractivity contribution in [2.75, 3.05) is 11.9 Å². The number of aromatic nitrogens is 5. The first-order valence-electron chi connectivity index (χ1n) is 10.8. The number of halogens is 2. The number of benzene rings is 2. The number of nitrogens with zero attached hydrogens (tertiary/aromatic N) is 4. The largest absolute Gasteiger partial charge is 0.350 e. The highest BCUT2D eigenvalue weighted by Crippen LogP contribution is 2.32. The van der Waals surface area contributed by atoms with Gasteiger partial charge in [-0.1, -0.05) is 34.1 Å². The summed E-state index contributed by atoms with van der Waals surface area (Å²) in [4.78, 5) is 33.7. The smallest absolute Gasteiger partial charge is 0.270 e. The highest BCUT2D eigenvalue weighted by Gasteiger charge is 2.19. The number of rotatable bonds is 7. The lowest BCUT2D eigenvalue weighted by Gasteiger charge is -2.13. The van der Waals surface area contributed by atoms with Crippen molar-refractivity contribution in [2.45, 2.75) is 6.42 Å². The minimum atomic E-state index is -0.334. The van der Waals surface area contributed by atoms with Gasteiger partial charge in [-0.25, -0.2) is 19.3 Å². The number of hydrogen-bond donors (Lipinski definition) is 3. The molecule has 5 aromatic rings. The molecule has 8 nitrogen and oxygen atoms in total. The minimum Gasteiger partial charge on any atom is -0.350 e. The fourth-order valence-electron chi connectivity index (χ4n) is 3.56. The van der Waals surface area contributed by atoms with Gasteiger partial charge in [-0.2, -0.15) is 4.98 Å². The summed E-state index contributed by atoms with van der Waals surface area (Å²) in [7, 11) is 0. The maximum absolute atomic E-state index is 13.2. The van der Waals surface area contributed by atoms with Crippen LogP contribution >= 0.6 is 15.9 Å². The number of fused-ring (bicyclic) bond motifs is 1. The third kappa shape index (κ3) is 5.17. The van der Waals surface area contributed by atoms with E-state index < -0.39 is 0 Å². The van der Waals surface area contributed by atoms with E-state index in [0.29, 0.717) is 35.2 Å². The molecule has 3 heterocycles. The summed E-state index contributed by atoms with van der Waals surface area (Å²) in [5.74, 6) is -0.362. The van der Waals surface area contributed by atoms with Crippen molar-refractivity contribution in [3.63, 3.8) is 0 Å². The van der Waals surface area contributed by atoms with Gasteiger partial charge in [0, 0.05) is 52.2 Å². The molecule has 0 bridgehead atoms. The molecular formula is C25H19BrFN7O. The van der Waals surface area contributed by atoms with Gasteiger partial charge in [-0.3, -0.25) is 4.79 Å². The Morgan fingerprint density at radius 2 is 1.86 bits per heavy atom. The summed E-state index contributed by atoms with van der Waals surface area (Å²) in [5, 5.41) is 6.64. The third-order valence-corrected chi connectivity index (χ3v) is 5.97. The average molecular weight is 532 g/mol. The molecule has 5 rings (SSSR count). The molecule has 0 aliphatic heterocycles. The molecule has 0 radical (unpaired) electrons. The van der Waals surface area contributed by atoms with E-state index in [4.69, 9.17) is 0 Å². The topological polar surface area (TPSA) is 108 Å². The van der Waals surface area contributed by atoms with Crippen LogP contribution in [0.2, 0.25) is 0 Å². The summed E-state index contributed by atoms with van der Waals surface area (Å²) in [6, 6.07) is 15.4. The fraction of sp³-hybridized carbons (Fsp3) is 0.0800. The maximum Gasteiger partial charge on any atom is 0.270 e. The Kier molecular flexibility index (Phi) is 6.44. The Balaban J connectivity index is 1.50. The van der Waals surface area contributed by atoms with Gasteiger partial charge >= 0.3 is 0 Å². The predicted octanol–water partition coefficient (Wildman–Crippen LogP) is 5.03. The lowest BCUT2D eigenvalue weighted by Crippen LogP contribution is -2.27. The molecular weight excluding hydrogens is 513 g/mol. The number of aromatic amines is 1. The summed E-state index contributed by atoms with van der Waals surface area (Å²) >= 11 is 3.57. The van der Waals surface area contributed by atoms with Gasteiger partial charge in [0.05, 0.1) is 6.33 Å². The van der Waals surface area contributed by atoms with Crippen LogP contribution in [0, 0.1) is 5.82 Å². The van der Waals surface area contributed by atoms with Gasteiger partial charge in [0.1, 0.15) is 11.5 Å². The SMILES string of the molecule is O=C(NCCc1cnc[nH]1)c1nc2nc(Nc3ccc(F)cc3)ncc2cc1-c1ccccc1Br. The average Bonchev–Trinajstić information content (AvgIpc) is 3.38. The second-order valence-corrected chi connectivity index (χ2v) is 8.54. The molecule has 0 spiro atoms. The molecule has 0 saturated carbocycles. The van der Waals surface area contributed by atoms with E-state index in [1.807, 2.05) is 30.3 Å². The molecule has 0 unspecified atom stereocenters. The number of carbonyl (C=O) groups is 1. The number of carbonyl (C=O) groups excluding carboxylic acids is 1. The molecule has 1 amide bonds. The van der Waals surface area contributed by atoms with E-state index in [2.05, 4.69) is 51.5 Å². The monoisotopic (exact) mass is 531 g/mol. The minimum absolute atomic E-state index is 0.250. The molecule has 3 N–H and O–H groups in total. The van der Waals surface area contributed by atoms with Crippen molar-refractivity contribution in [1.29, 1.82) is 0 Å². The second kappa shape index (κ2) is 9.98. The van der Waals surface area contributed by atoms with Gasteiger partial charge in [0.25, 0.3) is 5.91 Å². The predicted molar refractivity (Wildman–Crippen MR) is 135 cm³/mol. The van der Waals surface area contributed by atoms with Crippen molar-refractivity contribution < 1.29 is 9.18 Å². The molecule has 174 valence electrons. The van der Waals surface area contributed by atoms with Crippen LogP contribution in [0.1, 0.15) is 16.2 Å². The van der Waals surface area contributed by atoms with E-state index in [1.54, 1.807) is 30.9 Å². The van der Waals surface area contributed by atoms with Crippen LogP contribution in [0.3, 0.4) is 0 Å². The molecule has 0 saturated heterocycles. The van der Waals surface area contributed by atoms with E-state index in [-0.39, 0.29) is 23.4 Å².